The molecule has 4 aromatic heterocycles. The molecule has 0 bridgehead atoms. The van der Waals surface area contributed by atoms with Gasteiger partial charge in [0.15, 0.2) is 0 Å². The summed E-state index contributed by atoms with van der Waals surface area (Å²) in [6, 6.07) is 83.4. The molecule has 0 saturated carbocycles. The van der Waals surface area contributed by atoms with Crippen LogP contribution in [0.25, 0.3) is 115 Å². The molecule has 3 aliphatic rings. The van der Waals surface area contributed by atoms with E-state index in [9.17, 15) is 5.26 Å². The third-order valence-electron chi connectivity index (χ3n) is 19.6. The van der Waals surface area contributed by atoms with Gasteiger partial charge in [0, 0.05) is 117 Å². The van der Waals surface area contributed by atoms with Crippen LogP contribution in [0.3, 0.4) is 0 Å². The highest BCUT2D eigenvalue weighted by Gasteiger charge is 2.44. The number of hydrogen-bond donors (Lipinski definition) is 0. The maximum atomic E-state index is 10.4. The van der Waals surface area contributed by atoms with Crippen molar-refractivity contribution in [3.05, 3.63) is 258 Å². The Morgan fingerprint density at radius 2 is 1.15 bits per heavy atom. The molecule has 11 aromatic carbocycles. The van der Waals surface area contributed by atoms with E-state index < -0.39 is 0 Å². The fourth-order valence-corrected chi connectivity index (χ4v) is 16.4. The Labute approximate surface area is 532 Å². The Balaban J connectivity index is 0.932. The first kappa shape index (κ1) is 53.4. The lowest BCUT2D eigenvalue weighted by Crippen LogP contribution is -2.59. The van der Waals surface area contributed by atoms with Crippen molar-refractivity contribution in [3.8, 4) is 51.2 Å². The molecule has 0 saturated heterocycles. The second-order valence-electron chi connectivity index (χ2n) is 27.0. The number of nitrogens with zero attached hydrogens (tertiary/aromatic N) is 4. The minimum atomic E-state index is -0.226. The fraction of sp³-hybridized carbons (Fsp3) is 0.120. The van der Waals surface area contributed by atoms with Crippen LogP contribution in [0.2, 0.25) is 0 Å². The molecule has 8 heteroatoms. The Morgan fingerprint density at radius 3 is 1.91 bits per heavy atom. The normalized spacial score (nSPS) is 14.7. The second kappa shape index (κ2) is 19.7. The van der Waals surface area contributed by atoms with E-state index in [4.69, 9.17) is 9.15 Å². The van der Waals surface area contributed by atoms with Crippen molar-refractivity contribution < 1.29 is 9.15 Å². The van der Waals surface area contributed by atoms with E-state index in [0.717, 1.165) is 134 Å². The summed E-state index contributed by atoms with van der Waals surface area (Å²) in [4.78, 5) is 2.54. The molecule has 0 N–H and O–H groups in total. The number of benzene rings is 11. The first-order valence-corrected chi connectivity index (χ1v) is 32.5. The molecule has 6 nitrogen and oxygen atoms in total. The highest BCUT2D eigenvalue weighted by molar-refractivity contribution is 7.26. The van der Waals surface area contributed by atoms with Crippen molar-refractivity contribution in [3.63, 3.8) is 0 Å². The van der Waals surface area contributed by atoms with Gasteiger partial charge in [-0.3, -0.25) is 0 Å². The van der Waals surface area contributed by atoms with Crippen LogP contribution in [-0.2, 0) is 17.3 Å². The fourth-order valence-electron chi connectivity index (χ4n) is 15.2. The first-order chi connectivity index (χ1) is 44.3. The number of nitriles is 1. The summed E-state index contributed by atoms with van der Waals surface area (Å²) in [6.07, 6.45) is 7.81. The third-order valence-corrected chi connectivity index (χ3v) is 20.7. The van der Waals surface area contributed by atoms with Gasteiger partial charge < -0.3 is 23.2 Å². The highest BCUT2D eigenvalue weighted by atomic mass is 32.1. The molecule has 0 spiro atoms. The largest absolute Gasteiger partial charge is 0.458 e. The van der Waals surface area contributed by atoms with Crippen LogP contribution >= 0.6 is 11.3 Å². The summed E-state index contributed by atoms with van der Waals surface area (Å²) in [5.74, 6) is 1.62. The summed E-state index contributed by atoms with van der Waals surface area (Å²) in [5.41, 5.74) is 23.4. The van der Waals surface area contributed by atoms with Crippen molar-refractivity contribution in [2.45, 2.75) is 65.2 Å². The quantitative estimate of drug-likeness (QED) is 0.127. The standard InChI is InChI=1S/C83H61BN4O2S/c1-82(2,3)52-32-38-70(62(44-52)50-20-8-7-9-21-50)88-71-46-54(86-68-29-17-13-24-59(68)63-41-49(48-85)19-10-14-30-69(63)86)33-36-64(71)84-65-37-34-55(87-66-27-15-11-22-57(66)58-23-12-16-28-67(58)87)47-74(65)89-75-43-51(42-72(88)80(75)84)56-25-18-26-61-78-73(90-81(56)61)39-40-76-79(78)60-35-31-53(83(4,5)6)45-77(60)91-76/h7-18,20-29,31-47H,19,30H2,1-6H3/b14-10-,49-41+. The van der Waals surface area contributed by atoms with Crippen molar-refractivity contribution in [1.82, 2.24) is 9.13 Å². The topological polar surface area (TPSA) is 59.3 Å². The molecule has 0 radical (unpaired) electrons. The van der Waals surface area contributed by atoms with Gasteiger partial charge in [0.1, 0.15) is 22.7 Å². The van der Waals surface area contributed by atoms with Crippen molar-refractivity contribution >= 4 is 132 Å². The number of ether oxygens (including phenoxy) is 1. The number of thiophene rings is 1. The average Bonchev–Trinajstić information content (AvgIpc) is 1.26. The Morgan fingerprint density at radius 1 is 0.484 bits per heavy atom. The van der Waals surface area contributed by atoms with Crippen LogP contribution in [0.15, 0.2) is 241 Å². The SMILES string of the molecule is CC(C)(C)c1ccc(N2c3cc(-n4c5c(c6ccccc64)/C=C(/C#N)C/C=C\C5)ccc3B3c4ccc(-n5c6ccccc6c6ccccc65)cc4Oc4cc(-c5cccc6c5oc5ccc7sc8cc(C(C)(C)C)ccc8c7c56)cc2c43)c(-c2ccccc2)c1. The van der Waals surface area contributed by atoms with Crippen LogP contribution in [0.5, 0.6) is 11.5 Å². The summed E-state index contributed by atoms with van der Waals surface area (Å²) in [7, 11) is 0. The smallest absolute Gasteiger partial charge is 0.256 e. The van der Waals surface area contributed by atoms with E-state index in [1.165, 1.54) is 47.5 Å². The summed E-state index contributed by atoms with van der Waals surface area (Å²) >= 11 is 1.86. The van der Waals surface area contributed by atoms with E-state index in [0.29, 0.717) is 12.8 Å². The number of aromatic nitrogens is 2. The second-order valence-corrected chi connectivity index (χ2v) is 28.1. The van der Waals surface area contributed by atoms with Gasteiger partial charge in [-0.1, -0.05) is 187 Å². The van der Waals surface area contributed by atoms with Gasteiger partial charge in [0.05, 0.1) is 28.3 Å². The Hall–Kier alpha value is -10.6. The van der Waals surface area contributed by atoms with Gasteiger partial charge in [0.25, 0.3) is 6.71 Å². The van der Waals surface area contributed by atoms with Gasteiger partial charge in [-0.05, 0) is 134 Å². The van der Waals surface area contributed by atoms with Gasteiger partial charge >= 0.3 is 0 Å². The predicted octanol–water partition coefficient (Wildman–Crippen LogP) is 20.7. The number of rotatable bonds is 5. The molecule has 434 valence electrons. The molecule has 0 amide bonds. The van der Waals surface area contributed by atoms with Crippen LogP contribution in [0.4, 0.5) is 17.1 Å². The van der Waals surface area contributed by atoms with E-state index >= 15 is 0 Å². The van der Waals surface area contributed by atoms with E-state index in [1.54, 1.807) is 0 Å². The molecule has 0 unspecified atom stereocenters. The van der Waals surface area contributed by atoms with Crippen molar-refractivity contribution in [2.24, 2.45) is 0 Å². The first-order valence-electron chi connectivity index (χ1n) is 31.7. The number of fused-ring (bicyclic) bond motifs is 17. The minimum Gasteiger partial charge on any atom is -0.458 e. The lowest BCUT2D eigenvalue weighted by atomic mass is 9.34. The van der Waals surface area contributed by atoms with Crippen molar-refractivity contribution in [2.75, 3.05) is 4.90 Å². The monoisotopic (exact) mass is 1190 g/mol. The number of anilines is 3. The summed E-state index contributed by atoms with van der Waals surface area (Å²) in [6.45, 7) is 13.5. The number of allylic oxidation sites excluding steroid dienone is 3. The van der Waals surface area contributed by atoms with E-state index in [1.807, 2.05) is 11.3 Å². The lowest BCUT2D eigenvalue weighted by Gasteiger charge is -2.41. The van der Waals surface area contributed by atoms with Gasteiger partial charge in [-0.15, -0.1) is 11.3 Å². The highest BCUT2D eigenvalue weighted by Crippen LogP contribution is 2.51. The van der Waals surface area contributed by atoms with E-state index in [2.05, 4.69) is 298 Å². The van der Waals surface area contributed by atoms with Crippen LogP contribution in [0.1, 0.15) is 70.3 Å². The molecular weight excluding hydrogens is 1130 g/mol. The predicted molar refractivity (Wildman–Crippen MR) is 383 cm³/mol. The molecule has 18 rings (SSSR count). The molecule has 6 heterocycles. The number of hydrogen-bond acceptors (Lipinski definition) is 5. The summed E-state index contributed by atoms with van der Waals surface area (Å²) in [5, 5.41) is 18.7. The minimum absolute atomic E-state index is 0.0279. The van der Waals surface area contributed by atoms with E-state index in [-0.39, 0.29) is 17.5 Å². The van der Waals surface area contributed by atoms with Crippen LogP contribution < -0.4 is 26.0 Å². The van der Waals surface area contributed by atoms with Gasteiger partial charge in [0.2, 0.25) is 0 Å². The lowest BCUT2D eigenvalue weighted by molar-refractivity contribution is 0.487. The molecule has 2 aliphatic heterocycles. The third kappa shape index (κ3) is 8.10. The molecule has 91 heavy (non-hydrogen) atoms. The molecule has 0 fully saturated rings. The molecule has 1 aliphatic carbocycles. The summed E-state index contributed by atoms with van der Waals surface area (Å²) < 4.78 is 22.3. The number of furan rings is 1. The van der Waals surface area contributed by atoms with Crippen LogP contribution in [0, 0.1) is 11.3 Å². The van der Waals surface area contributed by atoms with Crippen LogP contribution in [-0.4, -0.2) is 15.8 Å². The molecule has 0 atom stereocenters. The number of para-hydroxylation sites is 4. The maximum absolute atomic E-state index is 10.4. The zero-order valence-corrected chi connectivity index (χ0v) is 52.3. The zero-order valence-electron chi connectivity index (χ0n) is 51.5. The maximum Gasteiger partial charge on any atom is 0.256 e. The zero-order chi connectivity index (χ0) is 61.2. The van der Waals surface area contributed by atoms with Crippen molar-refractivity contribution in [1.29, 1.82) is 5.26 Å². The van der Waals surface area contributed by atoms with Gasteiger partial charge in [-0.25, -0.2) is 0 Å². The average molecular weight is 1190 g/mol. The molecular formula is C83H61BN4O2S. The molecule has 15 aromatic rings. The Bertz CT molecular complexity index is 5700. The van der Waals surface area contributed by atoms with Gasteiger partial charge in [-0.2, -0.15) is 5.26 Å². The Kier molecular flexibility index (Phi) is 11.6.